The molecule has 2 saturated heterocycles. The Bertz CT molecular complexity index is 300. The summed E-state index contributed by atoms with van der Waals surface area (Å²) in [4.78, 5) is 16.4. The molecule has 0 aromatic heterocycles. The fourth-order valence-electron chi connectivity index (χ4n) is 3.44. The van der Waals surface area contributed by atoms with Gasteiger partial charge in [-0.15, -0.1) is 0 Å². The third kappa shape index (κ3) is 2.54. The van der Waals surface area contributed by atoms with Gasteiger partial charge in [-0.2, -0.15) is 0 Å². The topological polar surface area (TPSA) is 43.8 Å². The monoisotopic (exact) mass is 254 g/mol. The van der Waals surface area contributed by atoms with Crippen molar-refractivity contribution in [2.45, 2.75) is 57.0 Å². The second-order valence-electron chi connectivity index (χ2n) is 6.02. The lowest BCUT2D eigenvalue weighted by Gasteiger charge is -2.47. The molecule has 2 rings (SSSR count). The first-order valence-electron chi connectivity index (χ1n) is 7.25. The zero-order valence-corrected chi connectivity index (χ0v) is 11.7. The standard InChI is InChI=1S/C14H26N2O2/c1-12-11-14(13(17)18,7-10-15(12)2)16-8-5-3-4-6-9-16/h12H,3-11H2,1-2H3,(H,17,18). The zero-order valence-electron chi connectivity index (χ0n) is 11.7. The Kier molecular flexibility index (Phi) is 4.28. The highest BCUT2D eigenvalue weighted by Crippen LogP contribution is 2.33. The van der Waals surface area contributed by atoms with Crippen LogP contribution in [0.1, 0.15) is 45.4 Å². The van der Waals surface area contributed by atoms with E-state index in [-0.39, 0.29) is 0 Å². The van der Waals surface area contributed by atoms with Crippen molar-refractivity contribution in [1.82, 2.24) is 9.80 Å². The van der Waals surface area contributed by atoms with Gasteiger partial charge in [0.15, 0.2) is 0 Å². The van der Waals surface area contributed by atoms with Gasteiger partial charge < -0.3 is 10.0 Å². The Hall–Kier alpha value is -0.610. The van der Waals surface area contributed by atoms with Crippen molar-refractivity contribution in [3.63, 3.8) is 0 Å². The second kappa shape index (κ2) is 5.57. The Balaban J connectivity index is 2.18. The summed E-state index contributed by atoms with van der Waals surface area (Å²) in [6.45, 7) is 4.96. The first-order valence-corrected chi connectivity index (χ1v) is 7.25. The van der Waals surface area contributed by atoms with E-state index in [2.05, 4.69) is 23.8 Å². The Morgan fingerprint density at radius 1 is 1.17 bits per heavy atom. The molecule has 2 heterocycles. The number of aliphatic carboxylic acids is 1. The third-order valence-corrected chi connectivity index (χ3v) is 4.87. The van der Waals surface area contributed by atoms with E-state index in [0.717, 1.165) is 45.3 Å². The van der Waals surface area contributed by atoms with Gasteiger partial charge in [-0.3, -0.25) is 9.69 Å². The fourth-order valence-corrected chi connectivity index (χ4v) is 3.44. The van der Waals surface area contributed by atoms with Crippen LogP contribution in [0.4, 0.5) is 0 Å². The highest BCUT2D eigenvalue weighted by molar-refractivity contribution is 5.79. The van der Waals surface area contributed by atoms with Crippen molar-refractivity contribution in [2.24, 2.45) is 0 Å². The van der Waals surface area contributed by atoms with E-state index in [0.29, 0.717) is 6.04 Å². The van der Waals surface area contributed by atoms with Gasteiger partial charge in [-0.25, -0.2) is 0 Å². The summed E-state index contributed by atoms with van der Waals surface area (Å²) in [6.07, 6.45) is 6.34. The first-order chi connectivity index (χ1) is 8.56. The summed E-state index contributed by atoms with van der Waals surface area (Å²) in [5.41, 5.74) is -0.601. The molecular weight excluding hydrogens is 228 g/mol. The Morgan fingerprint density at radius 3 is 2.28 bits per heavy atom. The molecule has 4 nitrogen and oxygen atoms in total. The van der Waals surface area contributed by atoms with Crippen molar-refractivity contribution in [1.29, 1.82) is 0 Å². The molecule has 2 fully saturated rings. The van der Waals surface area contributed by atoms with Crippen LogP contribution in [0, 0.1) is 0 Å². The minimum absolute atomic E-state index is 0.359. The quantitative estimate of drug-likeness (QED) is 0.816. The van der Waals surface area contributed by atoms with Crippen molar-refractivity contribution in [3.8, 4) is 0 Å². The largest absolute Gasteiger partial charge is 0.480 e. The number of carboxylic acids is 1. The SMILES string of the molecule is CC1CC(C(=O)O)(N2CCCCCC2)CCN1C. The van der Waals surface area contributed by atoms with Gasteiger partial charge in [0, 0.05) is 12.6 Å². The minimum Gasteiger partial charge on any atom is -0.480 e. The molecular formula is C14H26N2O2. The lowest BCUT2D eigenvalue weighted by molar-refractivity contribution is -0.156. The van der Waals surface area contributed by atoms with Crippen LogP contribution in [0.3, 0.4) is 0 Å². The molecule has 0 aromatic rings. The van der Waals surface area contributed by atoms with Crippen LogP contribution in [-0.4, -0.2) is 59.1 Å². The number of hydrogen-bond acceptors (Lipinski definition) is 3. The lowest BCUT2D eigenvalue weighted by atomic mass is 9.82. The molecule has 104 valence electrons. The molecule has 2 unspecified atom stereocenters. The maximum Gasteiger partial charge on any atom is 0.324 e. The van der Waals surface area contributed by atoms with E-state index in [1.807, 2.05) is 0 Å². The lowest BCUT2D eigenvalue weighted by Crippen LogP contribution is -2.61. The molecule has 2 atom stereocenters. The van der Waals surface area contributed by atoms with Gasteiger partial charge >= 0.3 is 5.97 Å². The highest BCUT2D eigenvalue weighted by atomic mass is 16.4. The highest BCUT2D eigenvalue weighted by Gasteiger charge is 2.47. The summed E-state index contributed by atoms with van der Waals surface area (Å²) in [5.74, 6) is -0.607. The van der Waals surface area contributed by atoms with Crippen LogP contribution in [0.2, 0.25) is 0 Å². The average Bonchev–Trinajstić information content (AvgIpc) is 2.61. The molecule has 2 aliphatic rings. The molecule has 0 aromatic carbocycles. The van der Waals surface area contributed by atoms with Gasteiger partial charge in [0.2, 0.25) is 0 Å². The van der Waals surface area contributed by atoms with Crippen LogP contribution >= 0.6 is 0 Å². The summed E-state index contributed by atoms with van der Waals surface area (Å²) >= 11 is 0. The summed E-state index contributed by atoms with van der Waals surface area (Å²) in [5, 5.41) is 9.78. The molecule has 0 amide bonds. The average molecular weight is 254 g/mol. The van der Waals surface area contributed by atoms with Crippen LogP contribution in [0.5, 0.6) is 0 Å². The summed E-state index contributed by atoms with van der Waals surface area (Å²) < 4.78 is 0. The number of rotatable bonds is 2. The normalized spacial score (nSPS) is 36.2. The second-order valence-corrected chi connectivity index (χ2v) is 6.02. The maximum absolute atomic E-state index is 11.9. The number of carboxylic acid groups (broad SMARTS) is 1. The van der Waals surface area contributed by atoms with Gasteiger partial charge in [-0.05, 0) is 52.7 Å². The van der Waals surface area contributed by atoms with Gasteiger partial charge in [0.25, 0.3) is 0 Å². The molecule has 0 radical (unpaired) electrons. The molecule has 0 spiro atoms. The molecule has 0 aliphatic carbocycles. The molecule has 0 saturated carbocycles. The van der Waals surface area contributed by atoms with Crippen molar-refractivity contribution < 1.29 is 9.90 Å². The number of likely N-dealkylation sites (tertiary alicyclic amines) is 2. The number of hydrogen-bond donors (Lipinski definition) is 1. The molecule has 4 heteroatoms. The van der Waals surface area contributed by atoms with E-state index in [1.54, 1.807) is 0 Å². The van der Waals surface area contributed by atoms with E-state index in [4.69, 9.17) is 0 Å². The number of piperidine rings is 1. The molecule has 2 aliphatic heterocycles. The number of carbonyl (C=O) groups is 1. The molecule has 0 bridgehead atoms. The predicted molar refractivity (Wildman–Crippen MR) is 71.7 cm³/mol. The first kappa shape index (κ1) is 13.8. The summed E-state index contributed by atoms with van der Waals surface area (Å²) in [7, 11) is 2.10. The van der Waals surface area contributed by atoms with E-state index in [9.17, 15) is 9.90 Å². The molecule has 18 heavy (non-hydrogen) atoms. The fraction of sp³-hybridized carbons (Fsp3) is 0.929. The number of nitrogens with zero attached hydrogens (tertiary/aromatic N) is 2. The van der Waals surface area contributed by atoms with E-state index >= 15 is 0 Å². The third-order valence-electron chi connectivity index (χ3n) is 4.87. The Morgan fingerprint density at radius 2 is 1.78 bits per heavy atom. The van der Waals surface area contributed by atoms with Gasteiger partial charge in [0.1, 0.15) is 5.54 Å². The zero-order chi connectivity index (χ0) is 13.2. The van der Waals surface area contributed by atoms with Crippen molar-refractivity contribution >= 4 is 5.97 Å². The van der Waals surface area contributed by atoms with Crippen molar-refractivity contribution in [2.75, 3.05) is 26.7 Å². The van der Waals surface area contributed by atoms with E-state index in [1.165, 1.54) is 12.8 Å². The van der Waals surface area contributed by atoms with Crippen LogP contribution in [0.25, 0.3) is 0 Å². The van der Waals surface area contributed by atoms with Crippen LogP contribution < -0.4 is 0 Å². The van der Waals surface area contributed by atoms with Crippen LogP contribution in [0.15, 0.2) is 0 Å². The molecule has 1 N–H and O–H groups in total. The maximum atomic E-state index is 11.9. The van der Waals surface area contributed by atoms with Crippen LogP contribution in [-0.2, 0) is 4.79 Å². The van der Waals surface area contributed by atoms with Gasteiger partial charge in [0.05, 0.1) is 0 Å². The smallest absolute Gasteiger partial charge is 0.324 e. The Labute approximate surface area is 110 Å². The predicted octanol–water partition coefficient (Wildman–Crippen LogP) is 1.80. The van der Waals surface area contributed by atoms with Crippen molar-refractivity contribution in [3.05, 3.63) is 0 Å². The minimum atomic E-state index is -0.607. The van der Waals surface area contributed by atoms with Gasteiger partial charge in [-0.1, -0.05) is 12.8 Å². The van der Waals surface area contributed by atoms with E-state index < -0.39 is 11.5 Å². The summed E-state index contributed by atoms with van der Waals surface area (Å²) in [6, 6.07) is 0.359.